The normalized spacial score (nSPS) is 17.3. The second-order valence-electron chi connectivity index (χ2n) is 5.23. The third-order valence-electron chi connectivity index (χ3n) is 3.48. The van der Waals surface area contributed by atoms with E-state index >= 15 is 0 Å². The highest BCUT2D eigenvalue weighted by Crippen LogP contribution is 2.20. The van der Waals surface area contributed by atoms with Crippen LogP contribution in [-0.4, -0.2) is 30.3 Å². The van der Waals surface area contributed by atoms with Crippen molar-refractivity contribution in [2.75, 3.05) is 18.9 Å². The highest BCUT2D eigenvalue weighted by Gasteiger charge is 2.23. The topological polar surface area (TPSA) is 49.4 Å². The Morgan fingerprint density at radius 2 is 2.19 bits per heavy atom. The molecule has 0 fully saturated rings. The molecule has 1 aliphatic carbocycles. The highest BCUT2D eigenvalue weighted by molar-refractivity contribution is 5.94. The monoisotopic (exact) mass is 290 g/mol. The fourth-order valence-corrected chi connectivity index (χ4v) is 2.39. The molecule has 1 aliphatic rings. The van der Waals surface area contributed by atoms with Gasteiger partial charge in [-0.25, -0.2) is 4.39 Å². The fourth-order valence-electron chi connectivity index (χ4n) is 2.39. The van der Waals surface area contributed by atoms with Crippen LogP contribution in [0.2, 0.25) is 0 Å². The van der Waals surface area contributed by atoms with Crippen LogP contribution in [0, 0.1) is 11.7 Å². The summed E-state index contributed by atoms with van der Waals surface area (Å²) in [5.41, 5.74) is 0.390. The van der Waals surface area contributed by atoms with E-state index in [1.165, 1.54) is 23.1 Å². The number of hydrogen-bond donors (Lipinski definition) is 1. The first-order valence-corrected chi connectivity index (χ1v) is 7.01. The van der Waals surface area contributed by atoms with Gasteiger partial charge in [0.25, 0.3) is 0 Å². The van der Waals surface area contributed by atoms with Gasteiger partial charge >= 0.3 is 0 Å². The van der Waals surface area contributed by atoms with Gasteiger partial charge in [-0.1, -0.05) is 18.2 Å². The molecular weight excluding hydrogens is 271 g/mol. The highest BCUT2D eigenvalue weighted by atomic mass is 19.1. The molecule has 0 spiro atoms. The van der Waals surface area contributed by atoms with Crippen LogP contribution in [0.3, 0.4) is 0 Å². The van der Waals surface area contributed by atoms with E-state index < -0.39 is 5.82 Å². The maximum absolute atomic E-state index is 13.0. The average molecular weight is 290 g/mol. The minimum atomic E-state index is -0.411. The van der Waals surface area contributed by atoms with E-state index in [4.69, 9.17) is 0 Å². The van der Waals surface area contributed by atoms with Crippen molar-refractivity contribution in [1.82, 2.24) is 4.90 Å². The van der Waals surface area contributed by atoms with Crippen LogP contribution in [0.5, 0.6) is 0 Å². The second-order valence-corrected chi connectivity index (χ2v) is 5.23. The first-order valence-electron chi connectivity index (χ1n) is 7.01. The Bertz CT molecular complexity index is 557. The maximum Gasteiger partial charge on any atom is 0.243 e. The number of allylic oxidation sites excluding steroid dienone is 2. The van der Waals surface area contributed by atoms with Crippen molar-refractivity contribution in [2.45, 2.75) is 19.3 Å². The van der Waals surface area contributed by atoms with Crippen LogP contribution < -0.4 is 5.32 Å². The van der Waals surface area contributed by atoms with Gasteiger partial charge in [0.1, 0.15) is 5.82 Å². The number of rotatable bonds is 4. The second kappa shape index (κ2) is 7.02. The standard InChI is InChI=1S/C16H19FN2O2/c1-19(16(21)12-6-3-2-4-7-12)11-15(20)18-14-9-5-8-13(17)10-14/h2-3,5,8-10,12H,4,6-7,11H2,1H3,(H,18,20)/t12-/m0/s1. The van der Waals surface area contributed by atoms with Crippen LogP contribution in [0.4, 0.5) is 10.1 Å². The zero-order chi connectivity index (χ0) is 15.2. The summed E-state index contributed by atoms with van der Waals surface area (Å²) in [5, 5.41) is 2.58. The van der Waals surface area contributed by atoms with E-state index in [2.05, 4.69) is 11.4 Å². The Morgan fingerprint density at radius 3 is 2.86 bits per heavy atom. The average Bonchev–Trinajstić information content (AvgIpc) is 2.47. The molecule has 5 heteroatoms. The van der Waals surface area contributed by atoms with Crippen molar-refractivity contribution in [2.24, 2.45) is 5.92 Å². The fraction of sp³-hybridized carbons (Fsp3) is 0.375. The molecule has 1 aromatic carbocycles. The molecule has 0 aliphatic heterocycles. The molecular formula is C16H19FN2O2. The van der Waals surface area contributed by atoms with Crippen molar-refractivity contribution in [3.05, 3.63) is 42.2 Å². The smallest absolute Gasteiger partial charge is 0.243 e. The van der Waals surface area contributed by atoms with Gasteiger partial charge in [0, 0.05) is 18.7 Å². The summed E-state index contributed by atoms with van der Waals surface area (Å²) < 4.78 is 13.0. The van der Waals surface area contributed by atoms with Gasteiger partial charge in [-0.15, -0.1) is 0 Å². The molecule has 4 nitrogen and oxygen atoms in total. The molecule has 21 heavy (non-hydrogen) atoms. The maximum atomic E-state index is 13.0. The van der Waals surface area contributed by atoms with Gasteiger partial charge in [-0.05, 0) is 37.5 Å². The van der Waals surface area contributed by atoms with Crippen molar-refractivity contribution in [3.63, 3.8) is 0 Å². The van der Waals surface area contributed by atoms with E-state index in [0.717, 1.165) is 19.3 Å². The summed E-state index contributed by atoms with van der Waals surface area (Å²) in [6, 6.07) is 5.68. The van der Waals surface area contributed by atoms with Crippen LogP contribution in [0.15, 0.2) is 36.4 Å². The lowest BCUT2D eigenvalue weighted by Gasteiger charge is -2.24. The van der Waals surface area contributed by atoms with Gasteiger partial charge in [-0.3, -0.25) is 9.59 Å². The number of carbonyl (C=O) groups is 2. The van der Waals surface area contributed by atoms with Crippen molar-refractivity contribution >= 4 is 17.5 Å². The summed E-state index contributed by atoms with van der Waals surface area (Å²) in [6.45, 7) is -0.0322. The zero-order valence-corrected chi connectivity index (χ0v) is 12.0. The summed E-state index contributed by atoms with van der Waals surface area (Å²) in [6.07, 6.45) is 6.53. The molecule has 0 saturated heterocycles. The van der Waals surface area contributed by atoms with Crippen LogP contribution in [0.25, 0.3) is 0 Å². The minimum absolute atomic E-state index is 0.0197. The Balaban J connectivity index is 1.86. The number of nitrogens with one attached hydrogen (secondary N) is 1. The first-order chi connectivity index (χ1) is 10.1. The largest absolute Gasteiger partial charge is 0.336 e. The number of anilines is 1. The summed E-state index contributed by atoms with van der Waals surface area (Å²) in [5.74, 6) is -0.801. The Morgan fingerprint density at radius 1 is 1.38 bits per heavy atom. The molecule has 0 saturated carbocycles. The molecule has 0 unspecified atom stereocenters. The minimum Gasteiger partial charge on any atom is -0.336 e. The molecule has 2 rings (SSSR count). The molecule has 112 valence electrons. The third kappa shape index (κ3) is 4.41. The number of likely N-dealkylation sites (N-methyl/N-ethyl adjacent to an activating group) is 1. The number of halogens is 1. The molecule has 0 bridgehead atoms. The Labute approximate surface area is 123 Å². The van der Waals surface area contributed by atoms with E-state index in [-0.39, 0.29) is 24.3 Å². The molecule has 1 atom stereocenters. The number of carbonyl (C=O) groups excluding carboxylic acids is 2. The quantitative estimate of drug-likeness (QED) is 0.866. The van der Waals surface area contributed by atoms with E-state index in [1.54, 1.807) is 13.1 Å². The van der Waals surface area contributed by atoms with Gasteiger partial charge in [0.05, 0.1) is 6.54 Å². The van der Waals surface area contributed by atoms with Crippen LogP contribution in [0.1, 0.15) is 19.3 Å². The summed E-state index contributed by atoms with van der Waals surface area (Å²) in [7, 11) is 1.62. The third-order valence-corrected chi connectivity index (χ3v) is 3.48. The summed E-state index contributed by atoms with van der Waals surface area (Å²) >= 11 is 0. The van der Waals surface area contributed by atoms with Crippen molar-refractivity contribution < 1.29 is 14.0 Å². The number of hydrogen-bond acceptors (Lipinski definition) is 2. The van der Waals surface area contributed by atoms with Gasteiger partial charge in [-0.2, -0.15) is 0 Å². The van der Waals surface area contributed by atoms with E-state index in [1.807, 2.05) is 6.08 Å². The molecule has 1 aromatic rings. The van der Waals surface area contributed by atoms with Gasteiger partial charge in [0.2, 0.25) is 11.8 Å². The van der Waals surface area contributed by atoms with Gasteiger partial charge in [0.15, 0.2) is 0 Å². The lowest BCUT2D eigenvalue weighted by Crippen LogP contribution is -2.38. The lowest BCUT2D eigenvalue weighted by molar-refractivity contribution is -0.137. The van der Waals surface area contributed by atoms with Crippen molar-refractivity contribution in [3.8, 4) is 0 Å². The summed E-state index contributed by atoms with van der Waals surface area (Å²) in [4.78, 5) is 25.5. The van der Waals surface area contributed by atoms with Gasteiger partial charge < -0.3 is 10.2 Å². The van der Waals surface area contributed by atoms with Crippen LogP contribution in [-0.2, 0) is 9.59 Å². The number of benzene rings is 1. The lowest BCUT2D eigenvalue weighted by atomic mass is 9.93. The molecule has 0 heterocycles. The number of nitrogens with zero attached hydrogens (tertiary/aromatic N) is 1. The molecule has 0 radical (unpaired) electrons. The SMILES string of the molecule is CN(CC(=O)Nc1cccc(F)c1)C(=O)[C@H]1CC=CCC1. The van der Waals surface area contributed by atoms with Crippen LogP contribution >= 0.6 is 0 Å². The van der Waals surface area contributed by atoms with E-state index in [0.29, 0.717) is 5.69 Å². The zero-order valence-electron chi connectivity index (χ0n) is 12.0. The molecule has 1 N–H and O–H groups in total. The number of amides is 2. The molecule has 2 amide bonds. The predicted molar refractivity (Wildman–Crippen MR) is 79.1 cm³/mol. The molecule has 0 aromatic heterocycles. The predicted octanol–water partition coefficient (Wildman–Crippen LogP) is 2.58. The van der Waals surface area contributed by atoms with Crippen molar-refractivity contribution in [1.29, 1.82) is 0 Å². The first kappa shape index (κ1) is 15.2. The Hall–Kier alpha value is -2.17. The van der Waals surface area contributed by atoms with E-state index in [9.17, 15) is 14.0 Å². The Kier molecular flexibility index (Phi) is 5.09.